The summed E-state index contributed by atoms with van der Waals surface area (Å²) in [7, 11) is 0. The van der Waals surface area contributed by atoms with Crippen molar-refractivity contribution in [2.45, 2.75) is 12.4 Å². The number of fused-ring (bicyclic) bond motifs is 1. The number of hydrogen-bond acceptors (Lipinski definition) is 5. The maximum atomic E-state index is 12.8. The van der Waals surface area contributed by atoms with E-state index in [9.17, 15) is 11.0 Å². The maximum absolute atomic E-state index is 12.8. The third-order valence-corrected chi connectivity index (χ3v) is 7.46. The van der Waals surface area contributed by atoms with E-state index in [1.807, 2.05) is 46.5 Å². The van der Waals surface area contributed by atoms with Gasteiger partial charge in [-0.15, -0.1) is 34.0 Å². The average Bonchev–Trinajstić information content (AvgIpc) is 3.53. The molecule has 0 aliphatic carbocycles. The summed E-state index contributed by atoms with van der Waals surface area (Å²) in [6.45, 7) is 0.169. The number of thiophene rings is 3. The van der Waals surface area contributed by atoms with Crippen LogP contribution in [0.1, 0.15) is 48.2 Å². The molecule has 1 aliphatic heterocycles. The summed E-state index contributed by atoms with van der Waals surface area (Å²) in [6.07, 6.45) is 0. The summed E-state index contributed by atoms with van der Waals surface area (Å²) in [5, 5.41) is 5.89. The fraction of sp³-hybridized carbons (Fsp3) is 0.0909. The summed E-state index contributed by atoms with van der Waals surface area (Å²) in [6, 6.07) is 16.7. The van der Waals surface area contributed by atoms with Gasteiger partial charge in [0.05, 0.1) is 23.6 Å². The molecule has 1 aliphatic rings. The van der Waals surface area contributed by atoms with Crippen molar-refractivity contribution in [3.05, 3.63) is 102 Å². The predicted molar refractivity (Wildman–Crippen MR) is 115 cm³/mol. The minimum Gasteiger partial charge on any atom is -0.270 e. The molecular weight excluding hydrogens is 406 g/mol. The van der Waals surface area contributed by atoms with Crippen LogP contribution in [0.4, 0.5) is 0 Å². The Morgan fingerprint density at radius 2 is 1.39 bits per heavy atom. The number of rotatable bonds is 5. The van der Waals surface area contributed by atoms with Crippen LogP contribution in [0.25, 0.3) is 0 Å². The van der Waals surface area contributed by atoms with Crippen LogP contribution in [0.15, 0.2) is 70.7 Å². The molecule has 5 rings (SSSR count). The quantitative estimate of drug-likeness (QED) is 0.379. The molecule has 1 aromatic carbocycles. The van der Waals surface area contributed by atoms with Crippen LogP contribution in [-0.4, -0.2) is 16.7 Å². The number of benzene rings is 1. The van der Waals surface area contributed by atoms with E-state index in [1.165, 1.54) is 16.2 Å². The molecule has 138 valence electrons. The molecular formula is C22H15NO2S3. The normalized spacial score (nSPS) is 14.4. The van der Waals surface area contributed by atoms with Gasteiger partial charge in [0, 0.05) is 16.0 Å². The highest BCUT2D eigenvalue weighted by Crippen LogP contribution is 2.41. The van der Waals surface area contributed by atoms with Crippen molar-refractivity contribution < 1.29 is 11.0 Å². The van der Waals surface area contributed by atoms with E-state index in [0.29, 0.717) is 11.1 Å². The molecule has 0 N–H and O–H groups in total. The molecule has 0 atom stereocenters. The van der Waals surface area contributed by atoms with E-state index in [2.05, 4.69) is 0 Å². The molecule has 0 saturated heterocycles. The molecule has 0 saturated carbocycles. The fourth-order valence-corrected chi connectivity index (χ4v) is 6.18. The van der Waals surface area contributed by atoms with Crippen molar-refractivity contribution in [1.29, 1.82) is 0 Å². The van der Waals surface area contributed by atoms with Gasteiger partial charge in [-0.25, -0.2) is 0 Å². The van der Waals surface area contributed by atoms with E-state index < -0.39 is 5.89 Å². The minimum atomic E-state index is -1.05. The van der Waals surface area contributed by atoms with Crippen molar-refractivity contribution in [3.8, 4) is 0 Å². The van der Waals surface area contributed by atoms with Gasteiger partial charge in [0.1, 0.15) is 0 Å². The molecule has 4 aromatic rings. The average molecular weight is 423 g/mol. The first-order valence-corrected chi connectivity index (χ1v) is 11.3. The minimum absolute atomic E-state index is 0.169. The monoisotopic (exact) mass is 422 g/mol. The third kappa shape index (κ3) is 2.85. The molecule has 4 heterocycles. The Bertz CT molecular complexity index is 1130. The summed E-state index contributed by atoms with van der Waals surface area (Å²) in [5.74, 6) is -1.60. The zero-order valence-corrected chi connectivity index (χ0v) is 17.1. The Balaban J connectivity index is 1.57. The molecule has 3 nitrogen and oxygen atoms in total. The first kappa shape index (κ1) is 16.4. The number of carbonyl (C=O) groups is 2. The van der Waals surface area contributed by atoms with E-state index in [-0.39, 0.29) is 18.4 Å². The van der Waals surface area contributed by atoms with Crippen LogP contribution in [0, 0.1) is 0 Å². The summed E-state index contributed by atoms with van der Waals surface area (Å²) < 4.78 is 9.48. The molecule has 6 heteroatoms. The Labute approximate surface area is 175 Å². The molecule has 3 aromatic heterocycles. The Hall–Kier alpha value is -2.54. The van der Waals surface area contributed by atoms with Gasteiger partial charge in [0.15, 0.2) is 0 Å². The van der Waals surface area contributed by atoms with Gasteiger partial charge in [-0.1, -0.05) is 24.3 Å². The van der Waals surface area contributed by atoms with E-state index >= 15 is 0 Å². The molecule has 28 heavy (non-hydrogen) atoms. The molecule has 0 unspecified atom stereocenters. The molecule has 2 amide bonds. The number of nitrogens with zero attached hydrogens (tertiary/aromatic N) is 1. The smallest absolute Gasteiger partial charge is 0.261 e. The third-order valence-electron chi connectivity index (χ3n) is 4.72. The van der Waals surface area contributed by atoms with Crippen molar-refractivity contribution in [2.75, 3.05) is 0 Å². The largest absolute Gasteiger partial charge is 0.270 e. The van der Waals surface area contributed by atoms with Crippen LogP contribution >= 0.6 is 34.0 Å². The van der Waals surface area contributed by atoms with E-state index in [0.717, 1.165) is 20.2 Å². The zero-order chi connectivity index (χ0) is 20.0. The summed E-state index contributed by atoms with van der Waals surface area (Å²) in [4.78, 5) is 29.6. The number of amides is 2. The lowest BCUT2D eigenvalue weighted by Crippen LogP contribution is -2.29. The van der Waals surface area contributed by atoms with Crippen LogP contribution in [0.2, 0.25) is 0 Å². The molecule has 0 radical (unpaired) electrons. The van der Waals surface area contributed by atoms with Gasteiger partial charge >= 0.3 is 0 Å². The summed E-state index contributed by atoms with van der Waals surface area (Å²) in [5.41, 5.74) is 1.73. The Morgan fingerprint density at radius 3 is 1.93 bits per heavy atom. The van der Waals surface area contributed by atoms with Gasteiger partial charge in [0.2, 0.25) is 0 Å². The van der Waals surface area contributed by atoms with Crippen molar-refractivity contribution in [2.24, 2.45) is 0 Å². The number of hydrogen-bond donors (Lipinski definition) is 0. The van der Waals surface area contributed by atoms with Crippen LogP contribution in [0.5, 0.6) is 0 Å². The second-order valence-electron chi connectivity index (χ2n) is 6.35. The first-order valence-electron chi connectivity index (χ1n) is 9.20. The first-order chi connectivity index (χ1) is 14.1. The summed E-state index contributed by atoms with van der Waals surface area (Å²) >= 11 is 4.59. The zero-order valence-electron chi connectivity index (χ0n) is 15.6. The topological polar surface area (TPSA) is 37.4 Å². The maximum Gasteiger partial charge on any atom is 0.261 e. The molecule has 0 spiro atoms. The Kier molecular flexibility index (Phi) is 4.18. The lowest BCUT2D eigenvalue weighted by molar-refractivity contribution is 0.0642. The van der Waals surface area contributed by atoms with Gasteiger partial charge in [-0.2, -0.15) is 0 Å². The van der Waals surface area contributed by atoms with Crippen molar-refractivity contribution in [1.82, 2.24) is 4.90 Å². The van der Waals surface area contributed by atoms with Crippen molar-refractivity contribution in [3.63, 3.8) is 0 Å². The van der Waals surface area contributed by atoms with Gasteiger partial charge in [-0.05, 0) is 52.0 Å². The molecule has 0 bridgehead atoms. The predicted octanol–water partition coefficient (Wildman–Crippen LogP) is 5.85. The van der Waals surface area contributed by atoms with Gasteiger partial charge < -0.3 is 0 Å². The molecule has 0 fully saturated rings. The number of imide groups is 1. The van der Waals surface area contributed by atoms with Crippen LogP contribution in [0.3, 0.4) is 0 Å². The lowest BCUT2D eigenvalue weighted by Gasteiger charge is -2.18. The van der Waals surface area contributed by atoms with Crippen LogP contribution in [-0.2, 0) is 6.54 Å². The SMILES string of the molecule is [2H]C(c1cccs1)(c1cccs1)c1sccc1CN1C(=O)c2ccccc2C1=O. The fourth-order valence-electron chi connectivity index (χ4n) is 3.42. The highest BCUT2D eigenvalue weighted by Gasteiger charge is 2.36. The standard InChI is InChI=1S/C22H15NO2S3/c24-21-15-5-1-2-6-16(15)22(25)23(21)13-14-9-12-28-20(14)19(17-7-3-10-26-17)18-8-4-11-27-18/h1-12,19H,13H2/i19D. The highest BCUT2D eigenvalue weighted by molar-refractivity contribution is 7.13. The second kappa shape index (κ2) is 7.13. The van der Waals surface area contributed by atoms with Gasteiger partial charge in [0.25, 0.3) is 11.8 Å². The highest BCUT2D eigenvalue weighted by atomic mass is 32.1. The van der Waals surface area contributed by atoms with Crippen molar-refractivity contribution >= 4 is 45.8 Å². The second-order valence-corrected chi connectivity index (χ2v) is 9.16. The lowest BCUT2D eigenvalue weighted by atomic mass is 10.00. The van der Waals surface area contributed by atoms with Crippen LogP contribution < -0.4 is 0 Å². The van der Waals surface area contributed by atoms with Gasteiger partial charge in [-0.3, -0.25) is 14.5 Å². The van der Waals surface area contributed by atoms with E-state index in [4.69, 9.17) is 0 Å². The Morgan fingerprint density at radius 1 is 0.786 bits per heavy atom. The number of carbonyl (C=O) groups excluding carboxylic acids is 2. The van der Waals surface area contributed by atoms with E-state index in [1.54, 1.807) is 46.9 Å².